The van der Waals surface area contributed by atoms with E-state index in [4.69, 9.17) is 9.47 Å². The fraction of sp³-hybridized carbons (Fsp3) is 0.233. The standard InChI is InChI=1S/C30H32N2O6/c1-4-17-31-29(35)25-11-7-5-9-23(25)24-10-6-8-12-26(24)30(36)32(19-16-28(33)34)18-15-21-20-22(37-2)13-14-27(21)38-3/h4-14,20H,1,15-19H2,2-3H3,(H,31,35)(H,33,34). The summed E-state index contributed by atoms with van der Waals surface area (Å²) in [6, 6.07) is 19.5. The Morgan fingerprint density at radius 2 is 1.58 bits per heavy atom. The molecule has 0 fully saturated rings. The molecule has 0 spiro atoms. The predicted octanol–water partition coefficient (Wildman–Crippen LogP) is 4.45. The number of rotatable bonds is 13. The van der Waals surface area contributed by atoms with Gasteiger partial charge in [0, 0.05) is 30.8 Å². The maximum absolute atomic E-state index is 13.9. The van der Waals surface area contributed by atoms with Gasteiger partial charge in [-0.15, -0.1) is 6.58 Å². The second-order valence-electron chi connectivity index (χ2n) is 8.45. The van der Waals surface area contributed by atoms with E-state index in [1.807, 2.05) is 6.07 Å². The van der Waals surface area contributed by atoms with Crippen LogP contribution < -0.4 is 14.8 Å². The third-order valence-corrected chi connectivity index (χ3v) is 6.05. The molecular weight excluding hydrogens is 484 g/mol. The lowest BCUT2D eigenvalue weighted by Crippen LogP contribution is -2.35. The number of benzene rings is 3. The van der Waals surface area contributed by atoms with Gasteiger partial charge in [0.1, 0.15) is 11.5 Å². The molecule has 8 heteroatoms. The van der Waals surface area contributed by atoms with E-state index in [0.717, 1.165) is 5.56 Å². The Bertz CT molecular complexity index is 1300. The van der Waals surface area contributed by atoms with Gasteiger partial charge in [0.25, 0.3) is 11.8 Å². The van der Waals surface area contributed by atoms with Crippen molar-refractivity contribution in [2.75, 3.05) is 33.9 Å². The fourth-order valence-corrected chi connectivity index (χ4v) is 4.13. The van der Waals surface area contributed by atoms with E-state index in [0.29, 0.717) is 46.7 Å². The molecular formula is C30H32N2O6. The fourth-order valence-electron chi connectivity index (χ4n) is 4.13. The number of carboxylic acids is 1. The number of nitrogens with zero attached hydrogens (tertiary/aromatic N) is 1. The maximum Gasteiger partial charge on any atom is 0.305 e. The topological polar surface area (TPSA) is 105 Å². The van der Waals surface area contributed by atoms with Crippen molar-refractivity contribution in [3.63, 3.8) is 0 Å². The Hall–Kier alpha value is -4.59. The zero-order valence-corrected chi connectivity index (χ0v) is 21.6. The summed E-state index contributed by atoms with van der Waals surface area (Å²) in [5.41, 5.74) is 2.82. The largest absolute Gasteiger partial charge is 0.497 e. The van der Waals surface area contributed by atoms with Crippen molar-refractivity contribution >= 4 is 17.8 Å². The molecule has 0 heterocycles. The first kappa shape index (κ1) is 28.0. The summed E-state index contributed by atoms with van der Waals surface area (Å²) in [5, 5.41) is 12.1. The van der Waals surface area contributed by atoms with Crippen molar-refractivity contribution in [1.29, 1.82) is 0 Å². The Morgan fingerprint density at radius 1 is 0.921 bits per heavy atom. The average molecular weight is 517 g/mol. The molecule has 3 aromatic rings. The van der Waals surface area contributed by atoms with Crippen molar-refractivity contribution in [3.05, 3.63) is 96.1 Å². The average Bonchev–Trinajstić information content (AvgIpc) is 2.95. The molecule has 0 aliphatic carbocycles. The molecule has 38 heavy (non-hydrogen) atoms. The zero-order chi connectivity index (χ0) is 27.5. The molecule has 8 nitrogen and oxygen atoms in total. The molecule has 0 aliphatic rings. The molecule has 3 rings (SSSR count). The molecule has 0 radical (unpaired) electrons. The summed E-state index contributed by atoms with van der Waals surface area (Å²) in [6.45, 7) is 4.22. The first-order valence-corrected chi connectivity index (χ1v) is 12.2. The lowest BCUT2D eigenvalue weighted by atomic mass is 9.94. The first-order chi connectivity index (χ1) is 18.4. The zero-order valence-electron chi connectivity index (χ0n) is 21.6. The molecule has 0 bridgehead atoms. The third kappa shape index (κ3) is 7.00. The summed E-state index contributed by atoms with van der Waals surface area (Å²) in [5.74, 6) is -0.308. The molecule has 2 N–H and O–H groups in total. The Labute approximate surface area is 222 Å². The van der Waals surface area contributed by atoms with Gasteiger partial charge in [0.05, 0.1) is 20.6 Å². The van der Waals surface area contributed by atoms with E-state index in [1.165, 1.54) is 4.90 Å². The van der Waals surface area contributed by atoms with Gasteiger partial charge in [-0.25, -0.2) is 0 Å². The van der Waals surface area contributed by atoms with E-state index < -0.39 is 5.97 Å². The van der Waals surface area contributed by atoms with E-state index in [2.05, 4.69) is 11.9 Å². The highest BCUT2D eigenvalue weighted by Crippen LogP contribution is 2.29. The van der Waals surface area contributed by atoms with Crippen LogP contribution in [0.3, 0.4) is 0 Å². The lowest BCUT2D eigenvalue weighted by molar-refractivity contribution is -0.137. The Morgan fingerprint density at radius 3 is 2.21 bits per heavy atom. The van der Waals surface area contributed by atoms with Crippen molar-refractivity contribution in [2.45, 2.75) is 12.8 Å². The van der Waals surface area contributed by atoms with Gasteiger partial charge in [0.15, 0.2) is 0 Å². The monoisotopic (exact) mass is 516 g/mol. The molecule has 198 valence electrons. The number of carbonyl (C=O) groups excluding carboxylic acids is 2. The van der Waals surface area contributed by atoms with Crippen LogP contribution in [0.15, 0.2) is 79.4 Å². The number of ether oxygens (including phenoxy) is 2. The van der Waals surface area contributed by atoms with E-state index in [9.17, 15) is 19.5 Å². The summed E-state index contributed by atoms with van der Waals surface area (Å²) in [7, 11) is 3.14. The van der Waals surface area contributed by atoms with Crippen LogP contribution in [0.5, 0.6) is 11.5 Å². The molecule has 0 saturated carbocycles. The quantitative estimate of drug-likeness (QED) is 0.325. The number of carbonyl (C=O) groups is 3. The van der Waals surface area contributed by atoms with Gasteiger partial charge < -0.3 is 24.8 Å². The van der Waals surface area contributed by atoms with Crippen LogP contribution in [0, 0.1) is 0 Å². The second-order valence-corrected chi connectivity index (χ2v) is 8.45. The van der Waals surface area contributed by atoms with Gasteiger partial charge in [-0.05, 0) is 53.4 Å². The van der Waals surface area contributed by atoms with Crippen molar-refractivity contribution in [3.8, 4) is 22.6 Å². The van der Waals surface area contributed by atoms with Crippen molar-refractivity contribution < 1.29 is 29.0 Å². The minimum absolute atomic E-state index is 0.0241. The second kappa shape index (κ2) is 13.6. The normalized spacial score (nSPS) is 10.4. The van der Waals surface area contributed by atoms with Crippen molar-refractivity contribution in [1.82, 2.24) is 10.2 Å². The summed E-state index contributed by atoms with van der Waals surface area (Å²) in [4.78, 5) is 39.6. The number of hydrogen-bond donors (Lipinski definition) is 2. The van der Waals surface area contributed by atoms with E-state index >= 15 is 0 Å². The van der Waals surface area contributed by atoms with Crippen LogP contribution in [-0.4, -0.2) is 61.6 Å². The highest BCUT2D eigenvalue weighted by Gasteiger charge is 2.23. The van der Waals surface area contributed by atoms with Crippen LogP contribution >= 0.6 is 0 Å². The number of methoxy groups -OCH3 is 2. The predicted molar refractivity (Wildman–Crippen MR) is 146 cm³/mol. The van der Waals surface area contributed by atoms with Gasteiger partial charge in [-0.1, -0.05) is 42.5 Å². The first-order valence-electron chi connectivity index (χ1n) is 12.2. The van der Waals surface area contributed by atoms with Gasteiger partial charge in [-0.3, -0.25) is 14.4 Å². The number of hydrogen-bond acceptors (Lipinski definition) is 5. The minimum Gasteiger partial charge on any atom is -0.497 e. The number of amides is 2. The lowest BCUT2D eigenvalue weighted by Gasteiger charge is -2.24. The Kier molecular flexibility index (Phi) is 10.0. The molecule has 2 amide bonds. The third-order valence-electron chi connectivity index (χ3n) is 6.05. The van der Waals surface area contributed by atoms with E-state index in [1.54, 1.807) is 81.0 Å². The van der Waals surface area contributed by atoms with Crippen LogP contribution in [0.4, 0.5) is 0 Å². The van der Waals surface area contributed by atoms with Crippen LogP contribution in [0.25, 0.3) is 11.1 Å². The molecule has 0 aromatic heterocycles. The van der Waals surface area contributed by atoms with Crippen LogP contribution in [0.1, 0.15) is 32.7 Å². The number of carboxylic acid groups (broad SMARTS) is 1. The molecule has 3 aromatic carbocycles. The van der Waals surface area contributed by atoms with Crippen molar-refractivity contribution in [2.24, 2.45) is 0 Å². The summed E-state index contributed by atoms with van der Waals surface area (Å²) >= 11 is 0. The minimum atomic E-state index is -1.00. The van der Waals surface area contributed by atoms with Gasteiger partial charge in [0.2, 0.25) is 0 Å². The SMILES string of the molecule is C=CCNC(=O)c1ccccc1-c1ccccc1C(=O)N(CCC(=O)O)CCc1cc(OC)ccc1OC. The molecule has 0 unspecified atom stereocenters. The summed E-state index contributed by atoms with van der Waals surface area (Å²) < 4.78 is 10.8. The maximum atomic E-state index is 13.9. The highest BCUT2D eigenvalue weighted by molar-refractivity contribution is 6.06. The number of aliphatic carboxylic acids is 1. The smallest absolute Gasteiger partial charge is 0.305 e. The molecule has 0 saturated heterocycles. The van der Waals surface area contributed by atoms with Crippen LogP contribution in [-0.2, 0) is 11.2 Å². The van der Waals surface area contributed by atoms with Crippen LogP contribution in [0.2, 0.25) is 0 Å². The number of nitrogens with one attached hydrogen (secondary N) is 1. The van der Waals surface area contributed by atoms with Gasteiger partial charge >= 0.3 is 5.97 Å². The Balaban J connectivity index is 1.97. The van der Waals surface area contributed by atoms with Gasteiger partial charge in [-0.2, -0.15) is 0 Å². The summed E-state index contributed by atoms with van der Waals surface area (Å²) in [6.07, 6.45) is 1.81. The molecule has 0 atom stereocenters. The van der Waals surface area contributed by atoms with E-state index in [-0.39, 0.29) is 31.3 Å². The highest BCUT2D eigenvalue weighted by atomic mass is 16.5. The molecule has 0 aliphatic heterocycles.